The van der Waals surface area contributed by atoms with Gasteiger partial charge in [0.15, 0.2) is 11.4 Å². The number of ether oxygens (including phenoxy) is 2. The van der Waals surface area contributed by atoms with Gasteiger partial charge in [-0.3, -0.25) is 5.10 Å². The zero-order valence-electron chi connectivity index (χ0n) is 21.0. The number of benzene rings is 2. The highest BCUT2D eigenvalue weighted by atomic mass is 19.4. The third-order valence-corrected chi connectivity index (χ3v) is 5.71. The molecular weight excluding hydrogens is 471 g/mol. The molecule has 1 N–H and O–H groups in total. The molecule has 0 spiro atoms. The number of carbonyl (C=O) groups is 1. The molecule has 0 aliphatic carbocycles. The van der Waals surface area contributed by atoms with Crippen molar-refractivity contribution in [2.45, 2.75) is 71.6 Å². The molecule has 6 nitrogen and oxygen atoms in total. The Morgan fingerprint density at radius 3 is 2.39 bits per heavy atom. The molecule has 0 aliphatic rings. The lowest BCUT2D eigenvalue weighted by Gasteiger charge is -2.25. The van der Waals surface area contributed by atoms with Crippen LogP contribution in [0.5, 0.6) is 5.75 Å². The Kier molecular flexibility index (Phi) is 8.76. The Labute approximate surface area is 209 Å². The number of halogens is 3. The molecule has 0 saturated heterocycles. The zero-order chi connectivity index (χ0) is 26.3. The summed E-state index contributed by atoms with van der Waals surface area (Å²) in [4.78, 5) is 16.7. The smallest absolute Gasteiger partial charge is 0.416 e. The number of aromatic nitrogens is 3. The van der Waals surface area contributed by atoms with Crippen molar-refractivity contribution in [2.75, 3.05) is 6.61 Å². The van der Waals surface area contributed by atoms with Crippen molar-refractivity contribution in [1.29, 1.82) is 0 Å². The maximum Gasteiger partial charge on any atom is 0.416 e. The average molecular weight is 504 g/mol. The summed E-state index contributed by atoms with van der Waals surface area (Å²) in [5.74, 6) is 1.28. The van der Waals surface area contributed by atoms with E-state index in [9.17, 15) is 18.0 Å². The molecule has 0 atom stereocenters. The molecule has 0 aliphatic heterocycles. The van der Waals surface area contributed by atoms with E-state index in [2.05, 4.69) is 15.2 Å². The molecule has 0 unspecified atom stereocenters. The Hall–Kier alpha value is -3.36. The number of hydrogen-bond acceptors (Lipinski definition) is 5. The monoisotopic (exact) mass is 503 g/mol. The summed E-state index contributed by atoms with van der Waals surface area (Å²) in [6.07, 6.45) is -0.370. The van der Waals surface area contributed by atoms with Crippen molar-refractivity contribution < 1.29 is 27.4 Å². The Bertz CT molecular complexity index is 1160. The Morgan fingerprint density at radius 2 is 1.75 bits per heavy atom. The number of unbranched alkanes of at least 4 members (excludes halogenated alkanes) is 1. The van der Waals surface area contributed by atoms with Crippen molar-refractivity contribution in [3.63, 3.8) is 0 Å². The van der Waals surface area contributed by atoms with Crippen molar-refractivity contribution in [3.05, 3.63) is 65.0 Å². The number of aryl methyl sites for hydroxylation is 3. The minimum Gasteiger partial charge on any atom is -0.476 e. The second kappa shape index (κ2) is 11.6. The van der Waals surface area contributed by atoms with Gasteiger partial charge in [-0.05, 0) is 69.4 Å². The highest BCUT2D eigenvalue weighted by Crippen LogP contribution is 2.30. The number of esters is 1. The fraction of sp³-hybridized carbons (Fsp3) is 0.444. The van der Waals surface area contributed by atoms with Crippen LogP contribution in [-0.2, 0) is 28.5 Å². The molecule has 0 bridgehead atoms. The van der Waals surface area contributed by atoms with E-state index >= 15 is 0 Å². The van der Waals surface area contributed by atoms with Crippen LogP contribution in [0.4, 0.5) is 13.2 Å². The van der Waals surface area contributed by atoms with Gasteiger partial charge in [0.1, 0.15) is 11.6 Å². The van der Waals surface area contributed by atoms with E-state index < -0.39 is 17.3 Å². The van der Waals surface area contributed by atoms with Crippen LogP contribution in [0.3, 0.4) is 0 Å². The third kappa shape index (κ3) is 7.32. The fourth-order valence-electron chi connectivity index (χ4n) is 3.59. The lowest BCUT2D eigenvalue weighted by Crippen LogP contribution is -2.40. The van der Waals surface area contributed by atoms with E-state index in [-0.39, 0.29) is 5.97 Å². The molecule has 3 rings (SSSR count). The van der Waals surface area contributed by atoms with Crippen LogP contribution in [0.25, 0.3) is 11.4 Å². The molecular formula is C27H32F3N3O3. The molecule has 2 aromatic carbocycles. The molecule has 0 amide bonds. The highest BCUT2D eigenvalue weighted by molar-refractivity contribution is 5.79. The van der Waals surface area contributed by atoms with E-state index in [4.69, 9.17) is 9.47 Å². The van der Waals surface area contributed by atoms with Crippen LogP contribution in [-0.4, -0.2) is 33.4 Å². The molecule has 0 radical (unpaired) electrons. The molecule has 1 aromatic heterocycles. The van der Waals surface area contributed by atoms with Crippen LogP contribution in [0.15, 0.2) is 42.5 Å². The summed E-state index contributed by atoms with van der Waals surface area (Å²) < 4.78 is 49.5. The molecule has 3 aromatic rings. The van der Waals surface area contributed by atoms with Gasteiger partial charge in [0.2, 0.25) is 0 Å². The second-order valence-electron chi connectivity index (χ2n) is 9.24. The summed E-state index contributed by atoms with van der Waals surface area (Å²) in [5, 5.41) is 6.99. The predicted molar refractivity (Wildman–Crippen MR) is 131 cm³/mol. The second-order valence-corrected chi connectivity index (χ2v) is 9.24. The van der Waals surface area contributed by atoms with Gasteiger partial charge in [-0.2, -0.15) is 18.3 Å². The third-order valence-electron chi connectivity index (χ3n) is 5.71. The van der Waals surface area contributed by atoms with Gasteiger partial charge in [0.25, 0.3) is 0 Å². The number of alkyl halides is 3. The van der Waals surface area contributed by atoms with Crippen molar-refractivity contribution in [3.8, 4) is 17.1 Å². The first-order valence-corrected chi connectivity index (χ1v) is 12.0. The maximum absolute atomic E-state index is 12.7. The quantitative estimate of drug-likeness (QED) is 0.240. The highest BCUT2D eigenvalue weighted by Gasteiger charge is 2.32. The first kappa shape index (κ1) is 27.2. The summed E-state index contributed by atoms with van der Waals surface area (Å²) in [6.45, 7) is 7.75. The summed E-state index contributed by atoms with van der Waals surface area (Å²) >= 11 is 0. The fourth-order valence-corrected chi connectivity index (χ4v) is 3.59. The molecule has 36 heavy (non-hydrogen) atoms. The number of nitrogens with one attached hydrogen (secondary N) is 1. The molecule has 0 saturated carbocycles. The van der Waals surface area contributed by atoms with Crippen LogP contribution in [0, 0.1) is 6.92 Å². The van der Waals surface area contributed by atoms with Crippen molar-refractivity contribution in [2.24, 2.45) is 0 Å². The summed E-state index contributed by atoms with van der Waals surface area (Å²) in [5.41, 5.74) is 0.770. The normalized spacial score (nSPS) is 12.0. The van der Waals surface area contributed by atoms with Crippen LogP contribution in [0.2, 0.25) is 0 Å². The lowest BCUT2D eigenvalue weighted by molar-refractivity contribution is -0.159. The van der Waals surface area contributed by atoms with E-state index in [0.29, 0.717) is 36.0 Å². The number of aromatic amines is 1. The van der Waals surface area contributed by atoms with Gasteiger partial charge in [-0.1, -0.05) is 37.6 Å². The summed E-state index contributed by atoms with van der Waals surface area (Å²) in [6, 6.07) is 10.7. The number of rotatable bonds is 11. The van der Waals surface area contributed by atoms with Gasteiger partial charge in [0.05, 0.1) is 12.2 Å². The number of hydrogen-bond donors (Lipinski definition) is 1. The van der Waals surface area contributed by atoms with E-state index in [0.717, 1.165) is 48.9 Å². The minimum absolute atomic E-state index is 0.368. The van der Waals surface area contributed by atoms with Gasteiger partial charge < -0.3 is 9.47 Å². The summed E-state index contributed by atoms with van der Waals surface area (Å²) in [7, 11) is 0. The van der Waals surface area contributed by atoms with E-state index in [1.165, 1.54) is 12.1 Å². The first-order chi connectivity index (χ1) is 17.0. The Balaban J connectivity index is 1.53. The topological polar surface area (TPSA) is 77.1 Å². The van der Waals surface area contributed by atoms with Gasteiger partial charge in [-0.15, -0.1) is 0 Å². The van der Waals surface area contributed by atoms with Gasteiger partial charge in [-0.25, -0.2) is 9.78 Å². The number of carbonyl (C=O) groups excluding carboxylic acids is 1. The van der Waals surface area contributed by atoms with Crippen LogP contribution >= 0.6 is 0 Å². The van der Waals surface area contributed by atoms with Crippen LogP contribution in [0.1, 0.15) is 62.5 Å². The molecule has 194 valence electrons. The average Bonchev–Trinajstić information content (AvgIpc) is 3.29. The van der Waals surface area contributed by atoms with Crippen LogP contribution < -0.4 is 4.74 Å². The van der Waals surface area contributed by atoms with Gasteiger partial charge >= 0.3 is 12.1 Å². The standard InChI is InChI=1S/C27H32F3N3O3/c1-5-6-16-35-25(34)26(3,4)36-22-15-10-19(17-18(22)2)8-7-9-23-31-24(33-32-23)20-11-13-21(14-12-20)27(28,29)30/h10-15,17H,5-9,16H2,1-4H3,(H,31,32,33). The first-order valence-electron chi connectivity index (χ1n) is 12.0. The largest absolute Gasteiger partial charge is 0.476 e. The van der Waals surface area contributed by atoms with E-state index in [1.807, 2.05) is 32.0 Å². The number of H-pyrrole nitrogens is 1. The van der Waals surface area contributed by atoms with Gasteiger partial charge in [0, 0.05) is 12.0 Å². The molecule has 9 heteroatoms. The SMILES string of the molecule is CCCCOC(=O)C(C)(C)Oc1ccc(CCCc2nc(-c3ccc(C(F)(F)F)cc3)n[nH]2)cc1C. The Morgan fingerprint density at radius 1 is 1.03 bits per heavy atom. The minimum atomic E-state index is -4.37. The number of nitrogens with zero attached hydrogens (tertiary/aromatic N) is 2. The van der Waals surface area contributed by atoms with E-state index in [1.54, 1.807) is 13.8 Å². The zero-order valence-corrected chi connectivity index (χ0v) is 21.0. The lowest BCUT2D eigenvalue weighted by atomic mass is 10.0. The van der Waals surface area contributed by atoms with Crippen molar-refractivity contribution >= 4 is 5.97 Å². The maximum atomic E-state index is 12.7. The van der Waals surface area contributed by atoms with Crippen molar-refractivity contribution in [1.82, 2.24) is 15.2 Å². The predicted octanol–water partition coefficient (Wildman–Crippen LogP) is 6.47. The molecule has 0 fully saturated rings. The molecule has 1 heterocycles.